The van der Waals surface area contributed by atoms with Crippen LogP contribution in [-0.4, -0.2) is 40.7 Å². The van der Waals surface area contributed by atoms with E-state index >= 15 is 0 Å². The van der Waals surface area contributed by atoms with Crippen LogP contribution in [0.15, 0.2) is 48.5 Å². The molecular weight excluding hydrogens is 340 g/mol. The molecule has 7 heteroatoms. The minimum atomic E-state index is -1.00. The van der Waals surface area contributed by atoms with Gasteiger partial charge in [0.15, 0.2) is 5.66 Å². The van der Waals surface area contributed by atoms with Gasteiger partial charge in [-0.3, -0.25) is 0 Å². The molecule has 1 saturated carbocycles. The van der Waals surface area contributed by atoms with Gasteiger partial charge in [-0.25, -0.2) is 9.36 Å². The van der Waals surface area contributed by atoms with Crippen LogP contribution in [0.3, 0.4) is 0 Å². The van der Waals surface area contributed by atoms with E-state index in [1.165, 1.54) is 0 Å². The van der Waals surface area contributed by atoms with Crippen LogP contribution in [0.25, 0.3) is 22.1 Å². The third kappa shape index (κ3) is 2.24. The molecule has 7 nitrogen and oxygen atoms in total. The van der Waals surface area contributed by atoms with Gasteiger partial charge in [-0.2, -0.15) is 0 Å². The fraction of sp³-hybridized carbons (Fsp3) is 0.400. The molecule has 1 N–H and O–H groups in total. The molecule has 1 aliphatic carbocycles. The zero-order valence-corrected chi connectivity index (χ0v) is 15.3. The van der Waals surface area contributed by atoms with E-state index in [1.807, 2.05) is 64.8 Å². The molecule has 1 aliphatic rings. The molecule has 1 fully saturated rings. The molecule has 0 spiro atoms. The van der Waals surface area contributed by atoms with E-state index in [9.17, 15) is 5.11 Å². The third-order valence-corrected chi connectivity index (χ3v) is 6.09. The zero-order chi connectivity index (χ0) is 18.5. The summed E-state index contributed by atoms with van der Waals surface area (Å²) in [5, 5.41) is 29.5. The lowest BCUT2D eigenvalue weighted by atomic mass is 9.76. The fourth-order valence-corrected chi connectivity index (χ4v) is 4.48. The highest BCUT2D eigenvalue weighted by Gasteiger charge is 2.53. The van der Waals surface area contributed by atoms with Gasteiger partial charge in [-0.05, 0) is 44.0 Å². The first-order chi connectivity index (χ1) is 13.1. The van der Waals surface area contributed by atoms with E-state index < -0.39 is 11.3 Å². The predicted octanol–water partition coefficient (Wildman–Crippen LogP) is 3.09. The van der Waals surface area contributed by atoms with Crippen molar-refractivity contribution in [1.29, 1.82) is 0 Å². The first-order valence-electron chi connectivity index (χ1n) is 9.48. The second-order valence-electron chi connectivity index (χ2n) is 7.59. The first kappa shape index (κ1) is 16.4. The van der Waals surface area contributed by atoms with Crippen molar-refractivity contribution in [3.63, 3.8) is 0 Å². The van der Waals surface area contributed by atoms with Crippen LogP contribution >= 0.6 is 0 Å². The van der Waals surface area contributed by atoms with E-state index in [0.717, 1.165) is 41.3 Å². The summed E-state index contributed by atoms with van der Waals surface area (Å²) in [6.45, 7) is 2.00. The molecule has 0 unspecified atom stereocenters. The highest BCUT2D eigenvalue weighted by Crippen LogP contribution is 2.43. The Morgan fingerprint density at radius 1 is 0.815 bits per heavy atom. The highest BCUT2D eigenvalue weighted by atomic mass is 16.3. The van der Waals surface area contributed by atoms with Gasteiger partial charge >= 0.3 is 0 Å². The second-order valence-corrected chi connectivity index (χ2v) is 7.59. The van der Waals surface area contributed by atoms with Crippen molar-refractivity contribution in [3.8, 4) is 0 Å². The Balaban J connectivity index is 1.83. The Labute approximate surface area is 156 Å². The maximum Gasteiger partial charge on any atom is 0.184 e. The van der Waals surface area contributed by atoms with Crippen LogP contribution in [0.2, 0.25) is 0 Å². The van der Waals surface area contributed by atoms with E-state index in [4.69, 9.17) is 0 Å². The Kier molecular flexibility index (Phi) is 3.55. The van der Waals surface area contributed by atoms with Crippen LogP contribution in [0, 0.1) is 0 Å². The number of fused-ring (bicyclic) bond motifs is 2. The number of para-hydroxylation sites is 2. The largest absolute Gasteiger partial charge is 0.385 e. The van der Waals surface area contributed by atoms with Crippen molar-refractivity contribution in [2.24, 2.45) is 0 Å². The van der Waals surface area contributed by atoms with Gasteiger partial charge < -0.3 is 5.11 Å². The molecule has 0 aliphatic heterocycles. The van der Waals surface area contributed by atoms with E-state index in [0.29, 0.717) is 12.8 Å². The zero-order valence-electron chi connectivity index (χ0n) is 15.3. The van der Waals surface area contributed by atoms with Gasteiger partial charge in [0.1, 0.15) is 16.6 Å². The van der Waals surface area contributed by atoms with Gasteiger partial charge in [-0.15, -0.1) is 10.2 Å². The van der Waals surface area contributed by atoms with Crippen LogP contribution in [0.4, 0.5) is 0 Å². The van der Waals surface area contributed by atoms with E-state index in [2.05, 4.69) is 20.6 Å². The fourth-order valence-electron chi connectivity index (χ4n) is 4.48. The SMILES string of the molecule is CC(n1nnc2ccccc21)(n1nnc2ccccc21)C1(O)CCCCC1. The van der Waals surface area contributed by atoms with Crippen molar-refractivity contribution in [2.75, 3.05) is 0 Å². The van der Waals surface area contributed by atoms with Crippen molar-refractivity contribution in [3.05, 3.63) is 48.5 Å². The predicted molar refractivity (Wildman–Crippen MR) is 102 cm³/mol. The summed E-state index contributed by atoms with van der Waals surface area (Å²) in [5.41, 5.74) is 1.40. The highest BCUT2D eigenvalue weighted by molar-refractivity contribution is 5.76. The first-order valence-corrected chi connectivity index (χ1v) is 9.48. The topological polar surface area (TPSA) is 81.7 Å². The van der Waals surface area contributed by atoms with Crippen LogP contribution in [0.5, 0.6) is 0 Å². The lowest BCUT2D eigenvalue weighted by Gasteiger charge is -2.46. The number of aromatic nitrogens is 6. The summed E-state index contributed by atoms with van der Waals surface area (Å²) in [6, 6.07) is 15.7. The molecule has 4 aromatic rings. The number of hydrogen-bond acceptors (Lipinski definition) is 5. The quantitative estimate of drug-likeness (QED) is 0.606. The van der Waals surface area contributed by atoms with Crippen molar-refractivity contribution in [1.82, 2.24) is 30.0 Å². The Morgan fingerprint density at radius 3 is 1.81 bits per heavy atom. The average molecular weight is 362 g/mol. The molecular formula is C20H22N6O. The summed E-state index contributed by atoms with van der Waals surface area (Å²) < 4.78 is 3.66. The third-order valence-electron chi connectivity index (χ3n) is 6.09. The lowest BCUT2D eigenvalue weighted by Crippen LogP contribution is -2.59. The maximum atomic E-state index is 11.9. The molecule has 0 saturated heterocycles. The molecule has 138 valence electrons. The number of nitrogens with zero attached hydrogens (tertiary/aromatic N) is 6. The normalized spacial score (nSPS) is 17.6. The summed E-state index contributed by atoms with van der Waals surface area (Å²) >= 11 is 0. The minimum Gasteiger partial charge on any atom is -0.385 e. The Bertz CT molecular complexity index is 1030. The second kappa shape index (κ2) is 5.85. The molecule has 2 heterocycles. The summed E-state index contributed by atoms with van der Waals surface area (Å²) in [5.74, 6) is 0. The minimum absolute atomic E-state index is 0.686. The summed E-state index contributed by atoms with van der Waals surface area (Å²) in [7, 11) is 0. The van der Waals surface area contributed by atoms with Crippen LogP contribution in [0.1, 0.15) is 39.0 Å². The van der Waals surface area contributed by atoms with Crippen molar-refractivity contribution in [2.45, 2.75) is 50.3 Å². The van der Waals surface area contributed by atoms with Crippen LogP contribution in [-0.2, 0) is 5.66 Å². The van der Waals surface area contributed by atoms with Gasteiger partial charge in [0.25, 0.3) is 0 Å². The summed E-state index contributed by atoms with van der Waals surface area (Å²) in [6.07, 6.45) is 4.46. The van der Waals surface area contributed by atoms with Gasteiger partial charge in [-0.1, -0.05) is 54.0 Å². The maximum absolute atomic E-state index is 11.9. The van der Waals surface area contributed by atoms with Crippen molar-refractivity contribution >= 4 is 22.1 Å². The van der Waals surface area contributed by atoms with Crippen LogP contribution < -0.4 is 0 Å². The molecule has 27 heavy (non-hydrogen) atoms. The number of rotatable bonds is 3. The molecule has 2 aromatic carbocycles. The smallest absolute Gasteiger partial charge is 0.184 e. The average Bonchev–Trinajstić information content (AvgIpc) is 3.33. The molecule has 0 atom stereocenters. The molecule has 0 radical (unpaired) electrons. The monoisotopic (exact) mass is 362 g/mol. The molecule has 0 bridgehead atoms. The number of hydrogen-bond donors (Lipinski definition) is 1. The van der Waals surface area contributed by atoms with E-state index in [-0.39, 0.29) is 0 Å². The number of benzene rings is 2. The van der Waals surface area contributed by atoms with Gasteiger partial charge in [0.05, 0.1) is 11.0 Å². The van der Waals surface area contributed by atoms with Gasteiger partial charge in [0, 0.05) is 0 Å². The number of aliphatic hydroxyl groups is 1. The lowest BCUT2D eigenvalue weighted by molar-refractivity contribution is -0.114. The standard InChI is InChI=1S/C20H22N6O/c1-19(20(27)13-7-2-8-14-20,25-17-11-5-3-9-15(17)21-23-25)26-18-12-6-4-10-16(18)22-24-26/h3-6,9-12,27H,2,7-8,13-14H2,1H3. The molecule has 0 amide bonds. The van der Waals surface area contributed by atoms with Gasteiger partial charge in [0.2, 0.25) is 0 Å². The van der Waals surface area contributed by atoms with E-state index in [1.54, 1.807) is 0 Å². The Hall–Kier alpha value is -2.80. The molecule has 5 rings (SSSR count). The molecule has 2 aromatic heterocycles. The van der Waals surface area contributed by atoms with Crippen molar-refractivity contribution < 1.29 is 5.11 Å². The Morgan fingerprint density at radius 2 is 1.30 bits per heavy atom. The summed E-state index contributed by atoms with van der Waals surface area (Å²) in [4.78, 5) is 0.